The molecule has 3 N–H and O–H groups in total. The summed E-state index contributed by atoms with van der Waals surface area (Å²) in [5, 5.41) is 14.3. The molecule has 6 nitrogen and oxygen atoms in total. The molecule has 2 aliphatic rings. The minimum atomic E-state index is -2.09. The van der Waals surface area contributed by atoms with Crippen LogP contribution in [0.25, 0.3) is 6.08 Å². The lowest BCUT2D eigenvalue weighted by molar-refractivity contribution is -0.145. The van der Waals surface area contributed by atoms with Crippen LogP contribution in [0.15, 0.2) is 29.8 Å². The SMILES string of the molecule is O=C1NC(=O)C2=Cc3ccccc3OC2(O)N1. The summed E-state index contributed by atoms with van der Waals surface area (Å²) >= 11 is 0. The summed E-state index contributed by atoms with van der Waals surface area (Å²) < 4.78 is 5.26. The zero-order valence-corrected chi connectivity index (χ0v) is 8.56. The second-order valence-electron chi connectivity index (χ2n) is 3.75. The number of nitrogens with one attached hydrogen (secondary N) is 2. The molecular formula is C11H8N2O4. The lowest BCUT2D eigenvalue weighted by atomic mass is 10.0. The fraction of sp³-hybridized carbons (Fsp3) is 0.0909. The highest BCUT2D eigenvalue weighted by atomic mass is 16.6. The lowest BCUT2D eigenvalue weighted by Gasteiger charge is -2.37. The molecule has 0 radical (unpaired) electrons. The van der Waals surface area contributed by atoms with E-state index in [1.165, 1.54) is 6.08 Å². The smallest absolute Gasteiger partial charge is 0.327 e. The van der Waals surface area contributed by atoms with E-state index in [2.05, 4.69) is 5.32 Å². The van der Waals surface area contributed by atoms with Crippen molar-refractivity contribution < 1.29 is 19.4 Å². The Kier molecular flexibility index (Phi) is 1.79. The molecule has 1 atom stereocenters. The predicted molar refractivity (Wildman–Crippen MR) is 56.7 cm³/mol. The van der Waals surface area contributed by atoms with E-state index < -0.39 is 17.8 Å². The van der Waals surface area contributed by atoms with Crippen LogP contribution in [0.1, 0.15) is 5.56 Å². The van der Waals surface area contributed by atoms with Crippen LogP contribution < -0.4 is 15.4 Å². The Morgan fingerprint density at radius 1 is 1.24 bits per heavy atom. The Bertz CT molecular complexity index is 566. The number of imide groups is 1. The molecule has 17 heavy (non-hydrogen) atoms. The van der Waals surface area contributed by atoms with E-state index in [-0.39, 0.29) is 5.57 Å². The molecule has 0 aliphatic carbocycles. The number of carbonyl (C=O) groups excluding carboxylic acids is 2. The van der Waals surface area contributed by atoms with Crippen LogP contribution in [-0.2, 0) is 4.79 Å². The number of urea groups is 1. The van der Waals surface area contributed by atoms with Gasteiger partial charge in [-0.25, -0.2) is 4.79 Å². The average molecular weight is 232 g/mol. The first-order chi connectivity index (χ1) is 8.08. The number of carbonyl (C=O) groups is 2. The van der Waals surface area contributed by atoms with Gasteiger partial charge < -0.3 is 9.84 Å². The van der Waals surface area contributed by atoms with Crippen molar-refractivity contribution in [2.45, 2.75) is 5.91 Å². The quantitative estimate of drug-likeness (QED) is 0.585. The first-order valence-electron chi connectivity index (χ1n) is 4.94. The molecule has 0 bridgehead atoms. The van der Waals surface area contributed by atoms with Gasteiger partial charge in [-0.2, -0.15) is 0 Å². The largest absolute Gasteiger partial charge is 0.440 e. The minimum absolute atomic E-state index is 0.0456. The average Bonchev–Trinajstić information content (AvgIpc) is 2.25. The minimum Gasteiger partial charge on any atom is -0.440 e. The van der Waals surface area contributed by atoms with Crippen molar-refractivity contribution in [2.75, 3.05) is 0 Å². The molecule has 1 aromatic rings. The molecule has 0 saturated carbocycles. The summed E-state index contributed by atoms with van der Waals surface area (Å²) in [6.07, 6.45) is 1.48. The summed E-state index contributed by atoms with van der Waals surface area (Å²) in [5.74, 6) is -2.37. The highest BCUT2D eigenvalue weighted by Gasteiger charge is 2.47. The van der Waals surface area contributed by atoms with Gasteiger partial charge >= 0.3 is 11.9 Å². The first kappa shape index (κ1) is 9.86. The number of rotatable bonds is 0. The third kappa shape index (κ3) is 1.38. The number of hydrogen-bond acceptors (Lipinski definition) is 4. The van der Waals surface area contributed by atoms with Crippen LogP contribution in [0.2, 0.25) is 0 Å². The zero-order chi connectivity index (χ0) is 12.0. The molecule has 3 amide bonds. The second-order valence-corrected chi connectivity index (χ2v) is 3.75. The van der Waals surface area contributed by atoms with Crippen molar-refractivity contribution in [3.8, 4) is 5.75 Å². The van der Waals surface area contributed by atoms with Crippen molar-refractivity contribution in [3.63, 3.8) is 0 Å². The first-order valence-corrected chi connectivity index (χ1v) is 4.94. The zero-order valence-electron chi connectivity index (χ0n) is 8.56. The van der Waals surface area contributed by atoms with Crippen molar-refractivity contribution in [1.82, 2.24) is 10.6 Å². The number of fused-ring (bicyclic) bond motifs is 2. The van der Waals surface area contributed by atoms with Gasteiger partial charge in [0, 0.05) is 5.56 Å². The number of amides is 3. The molecule has 3 rings (SSSR count). The van der Waals surface area contributed by atoms with Crippen LogP contribution in [0.5, 0.6) is 5.75 Å². The molecule has 2 heterocycles. The maximum Gasteiger partial charge on any atom is 0.327 e. The highest BCUT2D eigenvalue weighted by molar-refractivity contribution is 6.11. The van der Waals surface area contributed by atoms with E-state index in [0.717, 1.165) is 0 Å². The Hall–Kier alpha value is -2.34. The van der Waals surface area contributed by atoms with Gasteiger partial charge in [0.25, 0.3) is 5.91 Å². The van der Waals surface area contributed by atoms with Gasteiger partial charge in [0.15, 0.2) is 0 Å². The molecule has 0 spiro atoms. The number of benzene rings is 1. The normalized spacial score (nSPS) is 25.8. The van der Waals surface area contributed by atoms with Gasteiger partial charge in [-0.15, -0.1) is 0 Å². The summed E-state index contributed by atoms with van der Waals surface area (Å²) in [6.45, 7) is 0. The van der Waals surface area contributed by atoms with Gasteiger partial charge in [0.1, 0.15) is 11.3 Å². The third-order valence-electron chi connectivity index (χ3n) is 2.60. The van der Waals surface area contributed by atoms with Crippen LogP contribution in [0.4, 0.5) is 4.79 Å². The van der Waals surface area contributed by atoms with E-state index in [1.54, 1.807) is 24.3 Å². The molecule has 6 heteroatoms. The highest BCUT2D eigenvalue weighted by Crippen LogP contribution is 2.33. The summed E-state index contributed by atoms with van der Waals surface area (Å²) in [5.41, 5.74) is 0.620. The van der Waals surface area contributed by atoms with Crippen molar-refractivity contribution in [1.29, 1.82) is 0 Å². The lowest BCUT2D eigenvalue weighted by Crippen LogP contribution is -2.65. The van der Waals surface area contributed by atoms with E-state index in [4.69, 9.17) is 4.74 Å². The Morgan fingerprint density at radius 3 is 2.82 bits per heavy atom. The molecule has 0 aromatic heterocycles. The van der Waals surface area contributed by atoms with Crippen LogP contribution >= 0.6 is 0 Å². The summed E-state index contributed by atoms with van der Waals surface area (Å²) in [4.78, 5) is 22.7. The Labute approximate surface area is 95.9 Å². The fourth-order valence-corrected chi connectivity index (χ4v) is 1.83. The Balaban J connectivity index is 2.15. The van der Waals surface area contributed by atoms with Crippen LogP contribution in [0.3, 0.4) is 0 Å². The van der Waals surface area contributed by atoms with E-state index in [1.807, 2.05) is 5.32 Å². The molecule has 1 unspecified atom stereocenters. The number of hydrogen-bond donors (Lipinski definition) is 3. The van der Waals surface area contributed by atoms with Crippen molar-refractivity contribution >= 4 is 18.0 Å². The number of aliphatic hydroxyl groups is 1. The molecule has 1 aromatic carbocycles. The van der Waals surface area contributed by atoms with Gasteiger partial charge in [0.2, 0.25) is 0 Å². The van der Waals surface area contributed by atoms with E-state index >= 15 is 0 Å². The third-order valence-corrected chi connectivity index (χ3v) is 2.60. The Morgan fingerprint density at radius 2 is 2.00 bits per heavy atom. The van der Waals surface area contributed by atoms with Crippen LogP contribution in [-0.4, -0.2) is 23.0 Å². The molecule has 1 saturated heterocycles. The summed E-state index contributed by atoms with van der Waals surface area (Å²) in [6, 6.07) is 6.09. The maximum atomic E-state index is 11.6. The van der Waals surface area contributed by atoms with E-state index in [0.29, 0.717) is 11.3 Å². The van der Waals surface area contributed by atoms with E-state index in [9.17, 15) is 14.7 Å². The van der Waals surface area contributed by atoms with Crippen LogP contribution in [0, 0.1) is 0 Å². The standard InChI is InChI=1S/C11H8N2O4/c14-9-7-5-6-3-1-2-4-8(6)17-11(7,16)13-10(15)12-9/h1-5,16H,(H2,12,13,14,15). The fourth-order valence-electron chi connectivity index (χ4n) is 1.83. The predicted octanol–water partition coefficient (Wildman–Crippen LogP) is -0.0521. The molecule has 1 fully saturated rings. The number of ether oxygens (including phenoxy) is 1. The topological polar surface area (TPSA) is 87.7 Å². The van der Waals surface area contributed by atoms with Gasteiger partial charge in [-0.05, 0) is 12.1 Å². The maximum absolute atomic E-state index is 11.6. The van der Waals surface area contributed by atoms with Gasteiger partial charge in [-0.1, -0.05) is 18.2 Å². The molecule has 2 aliphatic heterocycles. The summed E-state index contributed by atoms with van der Waals surface area (Å²) in [7, 11) is 0. The number of para-hydroxylation sites is 1. The monoisotopic (exact) mass is 232 g/mol. The van der Waals surface area contributed by atoms with Gasteiger partial charge in [-0.3, -0.25) is 15.4 Å². The van der Waals surface area contributed by atoms with Crippen molar-refractivity contribution in [2.24, 2.45) is 0 Å². The second kappa shape index (κ2) is 3.08. The van der Waals surface area contributed by atoms with Crippen molar-refractivity contribution in [3.05, 3.63) is 35.4 Å². The molecule has 86 valence electrons. The molecular weight excluding hydrogens is 224 g/mol. The van der Waals surface area contributed by atoms with Gasteiger partial charge in [0.05, 0.1) is 0 Å².